The van der Waals surface area contributed by atoms with Crippen molar-refractivity contribution in [2.75, 3.05) is 13.1 Å². The number of carboxylic acids is 1. The second-order valence-corrected chi connectivity index (χ2v) is 6.20. The van der Waals surface area contributed by atoms with Gasteiger partial charge in [-0.15, -0.1) is 0 Å². The van der Waals surface area contributed by atoms with Gasteiger partial charge in [0.05, 0.1) is 6.42 Å². The first-order valence-corrected chi connectivity index (χ1v) is 8.85. The van der Waals surface area contributed by atoms with Crippen LogP contribution in [0.5, 0.6) is 0 Å². The molecule has 1 fully saturated rings. The molecule has 0 aromatic carbocycles. The molecule has 0 saturated carbocycles. The van der Waals surface area contributed by atoms with Gasteiger partial charge >= 0.3 is 5.97 Å². The van der Waals surface area contributed by atoms with E-state index < -0.39 is 12.0 Å². The van der Waals surface area contributed by atoms with Crippen molar-refractivity contribution < 1.29 is 19.5 Å². The maximum absolute atomic E-state index is 12.2. The average molecular weight is 326 g/mol. The Morgan fingerprint density at radius 2 is 1.78 bits per heavy atom. The maximum atomic E-state index is 12.2. The van der Waals surface area contributed by atoms with Gasteiger partial charge in [-0.3, -0.25) is 14.4 Å². The third kappa shape index (κ3) is 7.48. The molecule has 0 spiro atoms. The largest absolute Gasteiger partial charge is 0.481 e. The number of rotatable bonds is 11. The molecule has 1 aliphatic heterocycles. The van der Waals surface area contributed by atoms with Gasteiger partial charge in [-0.2, -0.15) is 0 Å². The summed E-state index contributed by atoms with van der Waals surface area (Å²) in [6, 6.07) is -0.420. The van der Waals surface area contributed by atoms with E-state index in [4.69, 9.17) is 5.11 Å². The van der Waals surface area contributed by atoms with Crippen molar-refractivity contribution in [3.8, 4) is 0 Å². The highest BCUT2D eigenvalue weighted by Crippen LogP contribution is 2.19. The molecule has 132 valence electrons. The fourth-order valence-corrected chi connectivity index (χ4v) is 2.93. The lowest BCUT2D eigenvalue weighted by atomic mass is 10.1. The Labute approximate surface area is 138 Å². The van der Waals surface area contributed by atoms with E-state index in [-0.39, 0.29) is 24.7 Å². The Hall–Kier alpha value is -1.59. The number of likely N-dealkylation sites (tertiary alicyclic amines) is 1. The molecule has 0 radical (unpaired) electrons. The van der Waals surface area contributed by atoms with Crippen LogP contribution in [0.2, 0.25) is 0 Å². The Balaban J connectivity index is 2.25. The van der Waals surface area contributed by atoms with Gasteiger partial charge in [-0.05, 0) is 19.3 Å². The summed E-state index contributed by atoms with van der Waals surface area (Å²) < 4.78 is 0. The van der Waals surface area contributed by atoms with Crippen molar-refractivity contribution in [3.63, 3.8) is 0 Å². The summed E-state index contributed by atoms with van der Waals surface area (Å²) in [6.07, 6.45) is 8.28. The number of amides is 2. The summed E-state index contributed by atoms with van der Waals surface area (Å²) in [7, 11) is 0. The molecule has 1 aliphatic rings. The van der Waals surface area contributed by atoms with E-state index in [0.29, 0.717) is 19.5 Å². The molecule has 0 unspecified atom stereocenters. The second-order valence-electron chi connectivity index (χ2n) is 6.20. The fourth-order valence-electron chi connectivity index (χ4n) is 2.93. The number of nitrogens with zero attached hydrogens (tertiary/aromatic N) is 1. The van der Waals surface area contributed by atoms with E-state index in [1.807, 2.05) is 0 Å². The first-order chi connectivity index (χ1) is 11.1. The van der Waals surface area contributed by atoms with E-state index in [1.54, 1.807) is 4.90 Å². The Morgan fingerprint density at radius 1 is 1.09 bits per heavy atom. The predicted octanol–water partition coefficient (Wildman–Crippen LogP) is 2.32. The first-order valence-electron chi connectivity index (χ1n) is 8.85. The smallest absolute Gasteiger partial charge is 0.303 e. The van der Waals surface area contributed by atoms with Crippen molar-refractivity contribution in [1.82, 2.24) is 10.2 Å². The number of carbonyl (C=O) groups excluding carboxylic acids is 2. The molecule has 1 rings (SSSR count). The third-order valence-electron chi connectivity index (χ3n) is 4.26. The molecule has 6 nitrogen and oxygen atoms in total. The molecule has 1 atom stereocenters. The highest BCUT2D eigenvalue weighted by molar-refractivity contribution is 5.89. The highest BCUT2D eigenvalue weighted by Gasteiger charge is 2.33. The van der Waals surface area contributed by atoms with Crippen LogP contribution in [0.15, 0.2) is 0 Å². The summed E-state index contributed by atoms with van der Waals surface area (Å²) in [5.74, 6) is -1.31. The molecule has 0 bridgehead atoms. The minimum atomic E-state index is -0.985. The van der Waals surface area contributed by atoms with Gasteiger partial charge in [0, 0.05) is 19.5 Å². The van der Waals surface area contributed by atoms with Crippen LogP contribution in [0, 0.1) is 0 Å². The second kappa shape index (κ2) is 11.0. The van der Waals surface area contributed by atoms with E-state index in [2.05, 4.69) is 12.2 Å². The summed E-state index contributed by atoms with van der Waals surface area (Å²) in [6.45, 7) is 3.39. The number of nitrogens with one attached hydrogen (secondary N) is 1. The van der Waals surface area contributed by atoms with Gasteiger partial charge < -0.3 is 15.3 Å². The number of hydrogen-bond donors (Lipinski definition) is 2. The van der Waals surface area contributed by atoms with Crippen LogP contribution in [0.3, 0.4) is 0 Å². The molecular weight excluding hydrogens is 296 g/mol. The Morgan fingerprint density at radius 3 is 2.48 bits per heavy atom. The average Bonchev–Trinajstić information content (AvgIpc) is 3.01. The molecule has 23 heavy (non-hydrogen) atoms. The van der Waals surface area contributed by atoms with E-state index >= 15 is 0 Å². The zero-order valence-corrected chi connectivity index (χ0v) is 14.2. The quantitative estimate of drug-likeness (QED) is 0.570. The fraction of sp³-hybridized carbons (Fsp3) is 0.824. The van der Waals surface area contributed by atoms with Gasteiger partial charge in [0.25, 0.3) is 0 Å². The van der Waals surface area contributed by atoms with Crippen molar-refractivity contribution in [2.45, 2.75) is 77.2 Å². The summed E-state index contributed by atoms with van der Waals surface area (Å²) in [5.41, 5.74) is 0. The molecule has 2 N–H and O–H groups in total. The monoisotopic (exact) mass is 326 g/mol. The van der Waals surface area contributed by atoms with E-state index in [0.717, 1.165) is 19.3 Å². The molecule has 0 aromatic rings. The number of carbonyl (C=O) groups is 3. The molecule has 0 aromatic heterocycles. The van der Waals surface area contributed by atoms with E-state index in [9.17, 15) is 14.4 Å². The lowest BCUT2D eigenvalue weighted by Crippen LogP contribution is -2.46. The number of hydrogen-bond acceptors (Lipinski definition) is 3. The molecule has 6 heteroatoms. The summed E-state index contributed by atoms with van der Waals surface area (Å²) in [4.78, 5) is 36.3. The molecule has 1 heterocycles. The number of aliphatic carboxylic acids is 1. The van der Waals surface area contributed by atoms with Gasteiger partial charge in [0.2, 0.25) is 11.8 Å². The first kappa shape index (κ1) is 19.5. The summed E-state index contributed by atoms with van der Waals surface area (Å²) >= 11 is 0. The minimum absolute atomic E-state index is 0.0312. The Kier molecular flexibility index (Phi) is 9.33. The summed E-state index contributed by atoms with van der Waals surface area (Å²) in [5, 5.41) is 11.6. The van der Waals surface area contributed by atoms with Crippen LogP contribution in [0.1, 0.15) is 71.1 Å². The van der Waals surface area contributed by atoms with Gasteiger partial charge in [-0.25, -0.2) is 0 Å². The van der Waals surface area contributed by atoms with Crippen LogP contribution in [0.4, 0.5) is 0 Å². The van der Waals surface area contributed by atoms with Gasteiger partial charge in [0.1, 0.15) is 6.04 Å². The lowest BCUT2D eigenvalue weighted by Gasteiger charge is -2.23. The van der Waals surface area contributed by atoms with Crippen LogP contribution >= 0.6 is 0 Å². The zero-order chi connectivity index (χ0) is 17.1. The SMILES string of the molecule is CCCCCCCCNC(=O)[C@@H]1CCCN1C(=O)CCC(=O)O. The van der Waals surface area contributed by atoms with Crippen LogP contribution in [0.25, 0.3) is 0 Å². The minimum Gasteiger partial charge on any atom is -0.481 e. The van der Waals surface area contributed by atoms with Crippen LogP contribution in [-0.4, -0.2) is 46.9 Å². The normalized spacial score (nSPS) is 17.3. The topological polar surface area (TPSA) is 86.7 Å². The van der Waals surface area contributed by atoms with Crippen molar-refractivity contribution in [1.29, 1.82) is 0 Å². The predicted molar refractivity (Wildman–Crippen MR) is 88.0 cm³/mol. The van der Waals surface area contributed by atoms with E-state index in [1.165, 1.54) is 25.7 Å². The highest BCUT2D eigenvalue weighted by atomic mass is 16.4. The zero-order valence-electron chi connectivity index (χ0n) is 14.2. The molecule has 2 amide bonds. The third-order valence-corrected chi connectivity index (χ3v) is 4.26. The lowest BCUT2D eigenvalue weighted by molar-refractivity contribution is -0.142. The number of unbranched alkanes of at least 4 members (excludes halogenated alkanes) is 5. The van der Waals surface area contributed by atoms with Crippen molar-refractivity contribution in [3.05, 3.63) is 0 Å². The maximum Gasteiger partial charge on any atom is 0.303 e. The molecule has 1 saturated heterocycles. The molecular formula is C17H30N2O4. The standard InChI is InChI=1S/C17H30N2O4/c1-2-3-4-5-6-7-12-18-17(23)14-9-8-13-19(14)15(20)10-11-16(21)22/h14H,2-13H2,1H3,(H,18,23)(H,21,22)/t14-/m0/s1. The Bertz CT molecular complexity index is 398. The van der Waals surface area contributed by atoms with Crippen molar-refractivity contribution >= 4 is 17.8 Å². The van der Waals surface area contributed by atoms with Crippen molar-refractivity contribution in [2.24, 2.45) is 0 Å². The van der Waals surface area contributed by atoms with Crippen LogP contribution in [-0.2, 0) is 14.4 Å². The van der Waals surface area contributed by atoms with Gasteiger partial charge in [0.15, 0.2) is 0 Å². The molecule has 0 aliphatic carbocycles. The van der Waals surface area contributed by atoms with Gasteiger partial charge in [-0.1, -0.05) is 39.0 Å². The number of carboxylic acid groups (broad SMARTS) is 1. The van der Waals surface area contributed by atoms with Crippen LogP contribution < -0.4 is 5.32 Å².